The van der Waals surface area contributed by atoms with Gasteiger partial charge in [0.05, 0.1) is 5.69 Å². The molecular weight excluding hydrogens is 298 g/mol. The van der Waals surface area contributed by atoms with Crippen LogP contribution in [0, 0.1) is 0 Å². The number of nitrogens with zero attached hydrogens (tertiary/aromatic N) is 2. The van der Waals surface area contributed by atoms with Gasteiger partial charge >= 0.3 is 0 Å². The summed E-state index contributed by atoms with van der Waals surface area (Å²) in [6.45, 7) is 4.41. The van der Waals surface area contributed by atoms with Gasteiger partial charge in [0.25, 0.3) is 0 Å². The van der Waals surface area contributed by atoms with E-state index in [0.717, 1.165) is 44.8 Å². The average molecular weight is 325 g/mol. The zero-order valence-corrected chi connectivity index (χ0v) is 14.1. The van der Waals surface area contributed by atoms with Crippen LogP contribution in [0.3, 0.4) is 0 Å². The third-order valence-corrected chi connectivity index (χ3v) is 4.38. The van der Waals surface area contributed by atoms with Gasteiger partial charge in [-0.1, -0.05) is 30.3 Å². The Hall–Kier alpha value is -1.79. The number of hydrogen-bond donors (Lipinski definition) is 3. The lowest BCUT2D eigenvalue weighted by atomic mass is 10.0. The van der Waals surface area contributed by atoms with E-state index in [0.29, 0.717) is 0 Å². The summed E-state index contributed by atoms with van der Waals surface area (Å²) >= 11 is 0. The molecule has 1 aliphatic rings. The number of pyridine rings is 1. The van der Waals surface area contributed by atoms with Crippen molar-refractivity contribution >= 4 is 0 Å². The second-order valence-corrected chi connectivity index (χ2v) is 6.69. The molecule has 5 N–H and O–H groups in total. The van der Waals surface area contributed by atoms with Crippen molar-refractivity contribution < 1.29 is 0 Å². The van der Waals surface area contributed by atoms with Crippen LogP contribution in [0.25, 0.3) is 0 Å². The fourth-order valence-electron chi connectivity index (χ4n) is 3.26. The lowest BCUT2D eigenvalue weighted by molar-refractivity contribution is 0.183. The molecule has 1 saturated heterocycles. The van der Waals surface area contributed by atoms with Crippen LogP contribution in [0.1, 0.15) is 23.2 Å². The molecule has 3 rings (SSSR count). The third kappa shape index (κ3) is 5.11. The van der Waals surface area contributed by atoms with Crippen LogP contribution in [0.5, 0.6) is 0 Å². The molecule has 0 aliphatic carbocycles. The van der Waals surface area contributed by atoms with Crippen LogP contribution in [0.2, 0.25) is 0 Å². The number of nitrogens with one attached hydrogen (secondary N) is 1. The lowest BCUT2D eigenvalue weighted by Gasteiger charge is -2.34. The minimum atomic E-state index is 0.198. The van der Waals surface area contributed by atoms with Gasteiger partial charge in [-0.3, -0.25) is 9.88 Å². The Bertz CT molecular complexity index is 603. The molecular formula is C19H27N5. The summed E-state index contributed by atoms with van der Waals surface area (Å²) in [4.78, 5) is 6.67. The highest BCUT2D eigenvalue weighted by molar-refractivity contribution is 5.22. The second-order valence-electron chi connectivity index (χ2n) is 6.69. The Balaban J connectivity index is 1.46. The van der Waals surface area contributed by atoms with E-state index in [-0.39, 0.29) is 12.1 Å². The fourth-order valence-corrected chi connectivity index (χ4v) is 3.26. The SMILES string of the molecule is N[C@@H]1C[C@@H](N)CN(Cc2ccc(CNCc3ccccn3)cc2)C1. The first-order valence-corrected chi connectivity index (χ1v) is 8.61. The summed E-state index contributed by atoms with van der Waals surface area (Å²) in [6, 6.07) is 15.1. The summed E-state index contributed by atoms with van der Waals surface area (Å²) < 4.78 is 0. The highest BCUT2D eigenvalue weighted by Crippen LogP contribution is 2.13. The van der Waals surface area contributed by atoms with Crippen molar-refractivity contribution in [3.63, 3.8) is 0 Å². The first kappa shape index (κ1) is 17.0. The molecule has 0 amide bonds. The molecule has 5 heteroatoms. The number of aromatic nitrogens is 1. The molecule has 0 radical (unpaired) electrons. The maximum Gasteiger partial charge on any atom is 0.0541 e. The molecule has 1 fully saturated rings. The first-order valence-electron chi connectivity index (χ1n) is 8.61. The van der Waals surface area contributed by atoms with Crippen LogP contribution < -0.4 is 16.8 Å². The molecule has 24 heavy (non-hydrogen) atoms. The molecule has 0 bridgehead atoms. The summed E-state index contributed by atoms with van der Waals surface area (Å²) in [5.74, 6) is 0. The number of nitrogens with two attached hydrogens (primary N) is 2. The van der Waals surface area contributed by atoms with Gasteiger partial charge in [-0.25, -0.2) is 0 Å². The maximum atomic E-state index is 6.06. The van der Waals surface area contributed by atoms with Crippen LogP contribution in [-0.4, -0.2) is 35.1 Å². The van der Waals surface area contributed by atoms with E-state index >= 15 is 0 Å². The smallest absolute Gasteiger partial charge is 0.0541 e. The van der Waals surface area contributed by atoms with E-state index < -0.39 is 0 Å². The van der Waals surface area contributed by atoms with Crippen LogP contribution >= 0.6 is 0 Å². The van der Waals surface area contributed by atoms with Crippen molar-refractivity contribution in [3.05, 3.63) is 65.5 Å². The molecule has 2 aromatic rings. The Kier molecular flexibility index (Phi) is 5.93. The molecule has 2 heterocycles. The van der Waals surface area contributed by atoms with E-state index in [1.54, 1.807) is 0 Å². The molecule has 0 saturated carbocycles. The van der Waals surface area contributed by atoms with Gasteiger partial charge in [0.15, 0.2) is 0 Å². The molecule has 1 aromatic heterocycles. The molecule has 0 unspecified atom stereocenters. The quantitative estimate of drug-likeness (QED) is 0.744. The highest BCUT2D eigenvalue weighted by atomic mass is 15.2. The topological polar surface area (TPSA) is 80.2 Å². The van der Waals surface area contributed by atoms with E-state index in [2.05, 4.69) is 39.5 Å². The van der Waals surface area contributed by atoms with Crippen LogP contribution in [0.15, 0.2) is 48.7 Å². The number of hydrogen-bond acceptors (Lipinski definition) is 5. The van der Waals surface area contributed by atoms with Gasteiger partial charge in [0.2, 0.25) is 0 Å². The number of rotatable bonds is 6. The Morgan fingerprint density at radius 1 is 0.958 bits per heavy atom. The number of piperidine rings is 1. The number of likely N-dealkylation sites (tertiary alicyclic amines) is 1. The molecule has 1 aromatic carbocycles. The minimum absolute atomic E-state index is 0.198. The maximum absolute atomic E-state index is 6.06. The van der Waals surface area contributed by atoms with E-state index in [1.807, 2.05) is 24.4 Å². The Morgan fingerprint density at radius 2 is 1.67 bits per heavy atom. The monoisotopic (exact) mass is 325 g/mol. The zero-order valence-electron chi connectivity index (χ0n) is 14.1. The summed E-state index contributed by atoms with van der Waals surface area (Å²) in [5.41, 5.74) is 15.8. The van der Waals surface area contributed by atoms with Gasteiger partial charge in [0, 0.05) is 51.0 Å². The normalized spacial score (nSPS) is 21.8. The predicted molar refractivity (Wildman–Crippen MR) is 97.1 cm³/mol. The van der Waals surface area contributed by atoms with Crippen molar-refractivity contribution in [1.29, 1.82) is 0 Å². The highest BCUT2D eigenvalue weighted by Gasteiger charge is 2.22. The van der Waals surface area contributed by atoms with Crippen molar-refractivity contribution in [1.82, 2.24) is 15.2 Å². The molecule has 5 nitrogen and oxygen atoms in total. The number of benzene rings is 1. The Labute approximate surface area is 144 Å². The van der Waals surface area contributed by atoms with E-state index in [9.17, 15) is 0 Å². The Morgan fingerprint density at radius 3 is 2.33 bits per heavy atom. The van der Waals surface area contributed by atoms with Gasteiger partial charge in [-0.2, -0.15) is 0 Å². The van der Waals surface area contributed by atoms with Crippen molar-refractivity contribution in [2.45, 2.75) is 38.1 Å². The molecule has 0 spiro atoms. The van der Waals surface area contributed by atoms with Crippen LogP contribution in [0.4, 0.5) is 0 Å². The van der Waals surface area contributed by atoms with Crippen LogP contribution in [-0.2, 0) is 19.6 Å². The largest absolute Gasteiger partial charge is 0.326 e. The predicted octanol–water partition coefficient (Wildman–Crippen LogP) is 1.23. The van der Waals surface area contributed by atoms with E-state index in [1.165, 1.54) is 11.1 Å². The summed E-state index contributed by atoms with van der Waals surface area (Å²) in [6.07, 6.45) is 2.75. The molecule has 2 atom stereocenters. The second kappa shape index (κ2) is 8.35. The minimum Gasteiger partial charge on any atom is -0.326 e. The van der Waals surface area contributed by atoms with Crippen molar-refractivity contribution in [2.24, 2.45) is 11.5 Å². The van der Waals surface area contributed by atoms with Gasteiger partial charge in [-0.05, 0) is 29.7 Å². The standard InChI is InChI=1S/C19H27N5/c20-17-9-18(21)14-24(13-17)12-16-6-4-15(5-7-16)10-22-11-19-3-1-2-8-23-19/h1-8,17-18,22H,9-14,20-21H2/t17-,18-/m1/s1. The molecule has 128 valence electrons. The van der Waals surface area contributed by atoms with Gasteiger partial charge < -0.3 is 16.8 Å². The third-order valence-electron chi connectivity index (χ3n) is 4.38. The molecule has 1 aliphatic heterocycles. The lowest BCUT2D eigenvalue weighted by Crippen LogP contribution is -2.51. The first-order chi connectivity index (χ1) is 11.7. The average Bonchev–Trinajstić information content (AvgIpc) is 2.56. The summed E-state index contributed by atoms with van der Waals surface area (Å²) in [5, 5.41) is 3.42. The van der Waals surface area contributed by atoms with Crippen molar-refractivity contribution in [3.8, 4) is 0 Å². The van der Waals surface area contributed by atoms with Gasteiger partial charge in [-0.15, -0.1) is 0 Å². The van der Waals surface area contributed by atoms with Gasteiger partial charge in [0.1, 0.15) is 0 Å². The summed E-state index contributed by atoms with van der Waals surface area (Å²) in [7, 11) is 0. The van der Waals surface area contributed by atoms with E-state index in [4.69, 9.17) is 11.5 Å². The fraction of sp³-hybridized carbons (Fsp3) is 0.421. The zero-order chi connectivity index (χ0) is 16.8. The van der Waals surface area contributed by atoms with Crippen molar-refractivity contribution in [2.75, 3.05) is 13.1 Å².